The molecular weight excluding hydrogens is 201 g/mol. The van der Waals surface area contributed by atoms with Crippen LogP contribution in [0.3, 0.4) is 0 Å². The van der Waals surface area contributed by atoms with Gasteiger partial charge in [-0.05, 0) is 30.9 Å². The number of halogens is 3. The van der Waals surface area contributed by atoms with Gasteiger partial charge in [0.1, 0.15) is 0 Å². The van der Waals surface area contributed by atoms with Crippen LogP contribution in [-0.4, -0.2) is 6.18 Å². The molecule has 0 amide bonds. The number of benzene rings is 1. The number of hydrogen-bond acceptors (Lipinski definition) is 0. The van der Waals surface area contributed by atoms with E-state index in [1.54, 1.807) is 12.1 Å². The minimum absolute atomic E-state index is 0.355. The molecule has 0 nitrogen and oxygen atoms in total. The highest BCUT2D eigenvalue weighted by atomic mass is 19.4. The fourth-order valence-corrected chi connectivity index (χ4v) is 1.91. The molecule has 0 unspecified atom stereocenters. The van der Waals surface area contributed by atoms with Crippen molar-refractivity contribution < 1.29 is 13.2 Å². The highest BCUT2D eigenvalue weighted by Gasteiger charge is 2.36. The van der Waals surface area contributed by atoms with Crippen molar-refractivity contribution in [1.82, 2.24) is 0 Å². The summed E-state index contributed by atoms with van der Waals surface area (Å²) in [5, 5.41) is 0. The van der Waals surface area contributed by atoms with Gasteiger partial charge in [0, 0.05) is 0 Å². The molecule has 1 aliphatic rings. The summed E-state index contributed by atoms with van der Waals surface area (Å²) in [6.45, 7) is 1.81. The second kappa shape index (κ2) is 3.40. The Kier molecular flexibility index (Phi) is 2.33. The van der Waals surface area contributed by atoms with Crippen molar-refractivity contribution in [3.05, 3.63) is 41.0 Å². The van der Waals surface area contributed by atoms with Gasteiger partial charge >= 0.3 is 6.18 Å². The molecule has 3 heteroatoms. The van der Waals surface area contributed by atoms with E-state index in [1.807, 2.05) is 13.0 Å². The van der Waals surface area contributed by atoms with Crippen LogP contribution in [0.1, 0.15) is 23.1 Å². The van der Waals surface area contributed by atoms with Crippen LogP contribution < -0.4 is 0 Å². The van der Waals surface area contributed by atoms with E-state index >= 15 is 0 Å². The van der Waals surface area contributed by atoms with Crippen LogP contribution in [0.4, 0.5) is 13.2 Å². The molecule has 0 aliphatic heterocycles. The van der Waals surface area contributed by atoms with E-state index in [-0.39, 0.29) is 0 Å². The highest BCUT2D eigenvalue weighted by molar-refractivity contribution is 5.74. The van der Waals surface area contributed by atoms with E-state index in [9.17, 15) is 13.2 Å². The lowest BCUT2D eigenvalue weighted by Gasteiger charge is -2.20. The van der Waals surface area contributed by atoms with Gasteiger partial charge in [-0.1, -0.05) is 29.8 Å². The zero-order valence-corrected chi connectivity index (χ0v) is 8.36. The molecule has 0 saturated carbocycles. The van der Waals surface area contributed by atoms with E-state index in [2.05, 4.69) is 0 Å². The molecule has 15 heavy (non-hydrogen) atoms. The molecule has 0 radical (unpaired) electrons. The SMILES string of the molecule is Cc1ccc2c(c1)C(C(F)(F)F)=CCC2. The molecule has 1 aromatic rings. The molecule has 2 rings (SSSR count). The second-order valence-electron chi connectivity index (χ2n) is 3.81. The lowest BCUT2D eigenvalue weighted by Crippen LogP contribution is -2.15. The third-order valence-corrected chi connectivity index (χ3v) is 2.62. The molecule has 0 saturated heterocycles. The Morgan fingerprint density at radius 3 is 2.60 bits per heavy atom. The number of allylic oxidation sites excluding steroid dienone is 2. The first kappa shape index (κ1) is 10.3. The Balaban J connectivity index is 2.54. The van der Waals surface area contributed by atoms with Crippen molar-refractivity contribution in [2.75, 3.05) is 0 Å². The Hall–Kier alpha value is -1.25. The fraction of sp³-hybridized carbons (Fsp3) is 0.333. The summed E-state index contributed by atoms with van der Waals surface area (Å²) < 4.78 is 38.1. The van der Waals surface area contributed by atoms with Gasteiger partial charge in [0.25, 0.3) is 0 Å². The van der Waals surface area contributed by atoms with Crippen LogP contribution in [0.2, 0.25) is 0 Å². The minimum atomic E-state index is -4.23. The smallest absolute Gasteiger partial charge is 0.166 e. The zero-order valence-electron chi connectivity index (χ0n) is 8.36. The molecule has 0 aromatic heterocycles. The number of alkyl halides is 3. The van der Waals surface area contributed by atoms with Crippen LogP contribution in [0.15, 0.2) is 24.3 Å². The van der Waals surface area contributed by atoms with Crippen molar-refractivity contribution in [3.8, 4) is 0 Å². The van der Waals surface area contributed by atoms with E-state index in [0.717, 1.165) is 11.1 Å². The molecule has 1 aromatic carbocycles. The summed E-state index contributed by atoms with van der Waals surface area (Å²) in [5.74, 6) is 0. The monoisotopic (exact) mass is 212 g/mol. The summed E-state index contributed by atoms with van der Waals surface area (Å²) in [4.78, 5) is 0. The van der Waals surface area contributed by atoms with E-state index in [0.29, 0.717) is 18.4 Å². The summed E-state index contributed by atoms with van der Waals surface area (Å²) in [6, 6.07) is 5.27. The predicted octanol–water partition coefficient (Wildman–Crippen LogP) is 3.89. The standard InChI is InChI=1S/C12H11F3/c1-8-5-6-9-3-2-4-11(10(9)7-8)12(13,14)15/h4-7H,2-3H2,1H3. The van der Waals surface area contributed by atoms with Gasteiger partial charge < -0.3 is 0 Å². The molecule has 0 bridgehead atoms. The second-order valence-corrected chi connectivity index (χ2v) is 3.81. The molecular formula is C12H11F3. The maximum absolute atomic E-state index is 12.7. The minimum Gasteiger partial charge on any atom is -0.166 e. The van der Waals surface area contributed by atoms with Crippen molar-refractivity contribution in [2.24, 2.45) is 0 Å². The Bertz CT molecular complexity index is 413. The highest BCUT2D eigenvalue weighted by Crippen LogP contribution is 2.38. The fourth-order valence-electron chi connectivity index (χ4n) is 1.91. The maximum atomic E-state index is 12.7. The lowest BCUT2D eigenvalue weighted by atomic mass is 9.89. The predicted molar refractivity (Wildman–Crippen MR) is 53.5 cm³/mol. The molecule has 80 valence electrons. The van der Waals surface area contributed by atoms with Crippen LogP contribution >= 0.6 is 0 Å². The molecule has 1 aliphatic carbocycles. The lowest BCUT2D eigenvalue weighted by molar-refractivity contribution is -0.0692. The largest absolute Gasteiger partial charge is 0.416 e. The first-order chi connectivity index (χ1) is 6.98. The van der Waals surface area contributed by atoms with Crippen LogP contribution in [-0.2, 0) is 6.42 Å². The molecule has 0 N–H and O–H groups in total. The summed E-state index contributed by atoms with van der Waals surface area (Å²) >= 11 is 0. The van der Waals surface area contributed by atoms with Gasteiger partial charge in [0.15, 0.2) is 0 Å². The first-order valence-electron chi connectivity index (χ1n) is 4.86. The topological polar surface area (TPSA) is 0 Å². The summed E-state index contributed by atoms with van der Waals surface area (Å²) in [6.07, 6.45) is -1.76. The van der Waals surface area contributed by atoms with Crippen molar-refractivity contribution in [1.29, 1.82) is 0 Å². The number of fused-ring (bicyclic) bond motifs is 1. The molecule has 0 fully saturated rings. The average molecular weight is 212 g/mol. The van der Waals surface area contributed by atoms with Crippen LogP contribution in [0, 0.1) is 6.92 Å². The number of rotatable bonds is 0. The van der Waals surface area contributed by atoms with Crippen LogP contribution in [0.5, 0.6) is 0 Å². The van der Waals surface area contributed by atoms with E-state index < -0.39 is 11.7 Å². The molecule has 0 atom stereocenters. The molecule has 0 heterocycles. The third kappa shape index (κ3) is 1.91. The quantitative estimate of drug-likeness (QED) is 0.612. The van der Waals surface area contributed by atoms with Gasteiger partial charge in [-0.15, -0.1) is 0 Å². The van der Waals surface area contributed by atoms with E-state index in [1.165, 1.54) is 6.08 Å². The normalized spacial score (nSPS) is 15.9. The number of hydrogen-bond donors (Lipinski definition) is 0. The Morgan fingerprint density at radius 2 is 1.93 bits per heavy atom. The number of aryl methyl sites for hydroxylation is 2. The van der Waals surface area contributed by atoms with Gasteiger partial charge in [-0.3, -0.25) is 0 Å². The average Bonchev–Trinajstić information content (AvgIpc) is 2.15. The summed E-state index contributed by atoms with van der Waals surface area (Å²) in [5.41, 5.74) is 1.54. The molecule has 0 spiro atoms. The maximum Gasteiger partial charge on any atom is 0.416 e. The van der Waals surface area contributed by atoms with Crippen molar-refractivity contribution in [3.63, 3.8) is 0 Å². The first-order valence-corrected chi connectivity index (χ1v) is 4.86. The zero-order chi connectivity index (χ0) is 11.1. The van der Waals surface area contributed by atoms with Gasteiger partial charge in [-0.2, -0.15) is 13.2 Å². The van der Waals surface area contributed by atoms with Crippen LogP contribution in [0.25, 0.3) is 5.57 Å². The third-order valence-electron chi connectivity index (χ3n) is 2.62. The van der Waals surface area contributed by atoms with Crippen molar-refractivity contribution >= 4 is 5.57 Å². The van der Waals surface area contributed by atoms with Gasteiger partial charge in [0.05, 0.1) is 5.57 Å². The van der Waals surface area contributed by atoms with Gasteiger partial charge in [-0.25, -0.2) is 0 Å². The van der Waals surface area contributed by atoms with E-state index in [4.69, 9.17) is 0 Å². The Morgan fingerprint density at radius 1 is 1.20 bits per heavy atom. The van der Waals surface area contributed by atoms with Gasteiger partial charge in [0.2, 0.25) is 0 Å². The van der Waals surface area contributed by atoms with Crippen molar-refractivity contribution in [2.45, 2.75) is 25.9 Å². The Labute approximate surface area is 86.4 Å². The summed E-state index contributed by atoms with van der Waals surface area (Å²) in [7, 11) is 0.